The summed E-state index contributed by atoms with van der Waals surface area (Å²) in [5.74, 6) is -0.681. The van der Waals surface area contributed by atoms with Crippen LogP contribution in [0.25, 0.3) is 0 Å². The largest absolute Gasteiger partial charge is 0.481 e. The summed E-state index contributed by atoms with van der Waals surface area (Å²) >= 11 is 0. The van der Waals surface area contributed by atoms with Crippen LogP contribution in [0.4, 0.5) is 0 Å². The summed E-state index contributed by atoms with van der Waals surface area (Å²) in [5, 5.41) is 8.69. The predicted molar refractivity (Wildman–Crippen MR) is 76.2 cm³/mol. The number of hydrogen-bond acceptors (Lipinski definition) is 2. The molecule has 0 saturated carbocycles. The molecule has 1 aromatic carbocycles. The van der Waals surface area contributed by atoms with Crippen LogP contribution in [0.15, 0.2) is 30.3 Å². The van der Waals surface area contributed by atoms with Crippen molar-refractivity contribution in [2.75, 3.05) is 13.1 Å². The Balaban J connectivity index is 1.74. The third-order valence-corrected chi connectivity index (χ3v) is 3.94. The third kappa shape index (κ3) is 4.67. The maximum absolute atomic E-state index is 10.5. The highest BCUT2D eigenvalue weighted by molar-refractivity contribution is 5.66. The van der Waals surface area contributed by atoms with Crippen LogP contribution in [0.5, 0.6) is 0 Å². The molecule has 1 aromatic rings. The Kier molecular flexibility index (Phi) is 5.40. The molecule has 3 nitrogen and oxygen atoms in total. The average molecular weight is 261 g/mol. The third-order valence-electron chi connectivity index (χ3n) is 3.94. The molecule has 1 heterocycles. The lowest BCUT2D eigenvalue weighted by Gasteiger charge is -2.24. The lowest BCUT2D eigenvalue weighted by atomic mass is 10.0. The Hall–Kier alpha value is -1.35. The number of carboxylic acids is 1. The van der Waals surface area contributed by atoms with E-state index in [0.29, 0.717) is 12.5 Å². The van der Waals surface area contributed by atoms with E-state index in [2.05, 4.69) is 35.2 Å². The van der Waals surface area contributed by atoms with Crippen LogP contribution in [0, 0.1) is 0 Å². The summed E-state index contributed by atoms with van der Waals surface area (Å²) in [7, 11) is 0. The van der Waals surface area contributed by atoms with Crippen molar-refractivity contribution in [2.24, 2.45) is 0 Å². The van der Waals surface area contributed by atoms with Crippen LogP contribution in [-0.4, -0.2) is 35.1 Å². The maximum Gasteiger partial charge on any atom is 0.303 e. The second kappa shape index (κ2) is 7.29. The molecule has 0 radical (unpaired) electrons. The van der Waals surface area contributed by atoms with E-state index in [9.17, 15) is 4.79 Å². The van der Waals surface area contributed by atoms with Gasteiger partial charge in [0.25, 0.3) is 0 Å². The smallest absolute Gasteiger partial charge is 0.303 e. The number of carboxylic acid groups (broad SMARTS) is 1. The minimum absolute atomic E-state index is 0.294. The molecule has 0 aromatic heterocycles. The van der Waals surface area contributed by atoms with Crippen LogP contribution in [0.3, 0.4) is 0 Å². The fourth-order valence-electron chi connectivity index (χ4n) is 2.93. The van der Waals surface area contributed by atoms with Crippen molar-refractivity contribution in [1.82, 2.24) is 4.90 Å². The lowest BCUT2D eigenvalue weighted by Crippen LogP contribution is -2.31. The van der Waals surface area contributed by atoms with Gasteiger partial charge in [0.2, 0.25) is 0 Å². The molecule has 0 amide bonds. The van der Waals surface area contributed by atoms with Crippen molar-refractivity contribution < 1.29 is 9.90 Å². The first-order chi connectivity index (χ1) is 9.25. The van der Waals surface area contributed by atoms with Crippen LogP contribution >= 0.6 is 0 Å². The molecule has 0 aliphatic carbocycles. The van der Waals surface area contributed by atoms with Crippen molar-refractivity contribution in [3.8, 4) is 0 Å². The van der Waals surface area contributed by atoms with Crippen LogP contribution < -0.4 is 0 Å². The Morgan fingerprint density at radius 3 is 2.84 bits per heavy atom. The summed E-state index contributed by atoms with van der Waals surface area (Å²) in [5.41, 5.74) is 1.40. The number of benzene rings is 1. The number of carbonyl (C=O) groups is 1. The van der Waals surface area contributed by atoms with Gasteiger partial charge in [0.15, 0.2) is 0 Å². The summed E-state index contributed by atoms with van der Waals surface area (Å²) < 4.78 is 0. The molecule has 19 heavy (non-hydrogen) atoms. The highest BCUT2D eigenvalue weighted by Crippen LogP contribution is 2.22. The van der Waals surface area contributed by atoms with E-state index in [0.717, 1.165) is 25.9 Å². The molecule has 1 atom stereocenters. The molecular weight excluding hydrogens is 238 g/mol. The Bertz CT molecular complexity index is 391. The zero-order valence-electron chi connectivity index (χ0n) is 11.4. The Morgan fingerprint density at radius 1 is 1.32 bits per heavy atom. The van der Waals surface area contributed by atoms with Crippen molar-refractivity contribution in [3.05, 3.63) is 35.9 Å². The molecule has 0 bridgehead atoms. The molecule has 1 saturated heterocycles. The zero-order chi connectivity index (χ0) is 13.5. The summed E-state index contributed by atoms with van der Waals surface area (Å²) in [6, 6.07) is 11.3. The van der Waals surface area contributed by atoms with Gasteiger partial charge in [-0.15, -0.1) is 0 Å². The van der Waals surface area contributed by atoms with E-state index < -0.39 is 5.97 Å². The van der Waals surface area contributed by atoms with Crippen LogP contribution in [0.2, 0.25) is 0 Å². The number of hydrogen-bond donors (Lipinski definition) is 1. The SMILES string of the molecule is O=C(O)CCCN1CCC[C@H]1CCc1ccccc1. The molecule has 3 heteroatoms. The van der Waals surface area contributed by atoms with Gasteiger partial charge in [0.05, 0.1) is 0 Å². The van der Waals surface area contributed by atoms with E-state index >= 15 is 0 Å². The van der Waals surface area contributed by atoms with Crippen molar-refractivity contribution >= 4 is 5.97 Å². The minimum atomic E-state index is -0.681. The van der Waals surface area contributed by atoms with Gasteiger partial charge in [-0.1, -0.05) is 30.3 Å². The molecule has 1 N–H and O–H groups in total. The normalized spacial score (nSPS) is 19.7. The standard InChI is InChI=1S/C16H23NO2/c18-16(19)9-5-13-17-12-4-8-15(17)11-10-14-6-2-1-3-7-14/h1-3,6-7,15H,4-5,8-13H2,(H,18,19)/t15-/m0/s1. The van der Waals surface area contributed by atoms with Gasteiger partial charge < -0.3 is 10.0 Å². The first-order valence-corrected chi connectivity index (χ1v) is 7.25. The fraction of sp³-hybridized carbons (Fsp3) is 0.562. The number of aryl methyl sites for hydroxylation is 1. The van der Waals surface area contributed by atoms with E-state index in [-0.39, 0.29) is 0 Å². The first-order valence-electron chi connectivity index (χ1n) is 7.25. The van der Waals surface area contributed by atoms with Gasteiger partial charge in [-0.25, -0.2) is 0 Å². The molecule has 2 rings (SSSR count). The number of rotatable bonds is 7. The summed E-state index contributed by atoms with van der Waals surface area (Å²) in [4.78, 5) is 13.0. The topological polar surface area (TPSA) is 40.5 Å². The second-order valence-electron chi connectivity index (χ2n) is 5.35. The fourth-order valence-corrected chi connectivity index (χ4v) is 2.93. The zero-order valence-corrected chi connectivity index (χ0v) is 11.4. The van der Waals surface area contributed by atoms with Gasteiger partial charge in [0, 0.05) is 12.5 Å². The minimum Gasteiger partial charge on any atom is -0.481 e. The molecule has 1 fully saturated rings. The average Bonchev–Trinajstić information content (AvgIpc) is 2.85. The van der Waals surface area contributed by atoms with E-state index in [1.165, 1.54) is 24.8 Å². The summed E-state index contributed by atoms with van der Waals surface area (Å²) in [6.07, 6.45) is 5.91. The summed E-state index contributed by atoms with van der Waals surface area (Å²) in [6.45, 7) is 2.07. The molecule has 104 valence electrons. The molecular formula is C16H23NO2. The molecule has 0 spiro atoms. The van der Waals surface area contributed by atoms with E-state index in [4.69, 9.17) is 5.11 Å². The van der Waals surface area contributed by atoms with E-state index in [1.807, 2.05) is 0 Å². The first kappa shape index (κ1) is 14.1. The number of aliphatic carboxylic acids is 1. The second-order valence-corrected chi connectivity index (χ2v) is 5.35. The Labute approximate surface area is 115 Å². The highest BCUT2D eigenvalue weighted by atomic mass is 16.4. The molecule has 1 aliphatic rings. The highest BCUT2D eigenvalue weighted by Gasteiger charge is 2.23. The quantitative estimate of drug-likeness (QED) is 0.820. The maximum atomic E-state index is 10.5. The van der Waals surface area contributed by atoms with Gasteiger partial charge in [-0.2, -0.15) is 0 Å². The number of likely N-dealkylation sites (tertiary alicyclic amines) is 1. The van der Waals surface area contributed by atoms with Gasteiger partial charge in [0.1, 0.15) is 0 Å². The van der Waals surface area contributed by atoms with Crippen molar-refractivity contribution in [2.45, 2.75) is 44.6 Å². The van der Waals surface area contributed by atoms with Crippen molar-refractivity contribution in [3.63, 3.8) is 0 Å². The van der Waals surface area contributed by atoms with Crippen molar-refractivity contribution in [1.29, 1.82) is 0 Å². The molecule has 0 unspecified atom stereocenters. The van der Waals surface area contributed by atoms with Gasteiger partial charge in [-0.05, 0) is 50.8 Å². The van der Waals surface area contributed by atoms with Gasteiger partial charge >= 0.3 is 5.97 Å². The number of nitrogens with zero attached hydrogens (tertiary/aromatic N) is 1. The Morgan fingerprint density at radius 2 is 2.11 bits per heavy atom. The van der Waals surface area contributed by atoms with Crippen LogP contribution in [0.1, 0.15) is 37.7 Å². The lowest BCUT2D eigenvalue weighted by molar-refractivity contribution is -0.137. The van der Waals surface area contributed by atoms with Gasteiger partial charge in [-0.3, -0.25) is 4.79 Å². The molecule has 1 aliphatic heterocycles. The monoisotopic (exact) mass is 261 g/mol. The van der Waals surface area contributed by atoms with Crippen LogP contribution in [-0.2, 0) is 11.2 Å². The predicted octanol–water partition coefficient (Wildman–Crippen LogP) is 2.95. The van der Waals surface area contributed by atoms with E-state index in [1.54, 1.807) is 0 Å².